The van der Waals surface area contributed by atoms with Crippen LogP contribution in [0, 0.1) is 0 Å². The Kier molecular flexibility index (Phi) is 4.34. The van der Waals surface area contributed by atoms with Crippen molar-refractivity contribution in [2.24, 2.45) is 0 Å². The Morgan fingerprint density at radius 3 is 2.75 bits per heavy atom. The molecule has 9 heteroatoms. The number of nitrogens with one attached hydrogen (secondary N) is 2. The zero-order valence-electron chi connectivity index (χ0n) is 15.5. The number of nitrogens with zero attached hydrogens (tertiary/aromatic N) is 2. The molecule has 148 valence electrons. The molecule has 4 rings (SSSR count). The van der Waals surface area contributed by atoms with E-state index in [1.165, 1.54) is 4.90 Å². The number of carbonyl (C=O) groups excluding carboxylic acids is 4. The standard InChI is InChI=1S/C19H22N4O5/c1-19(28)9-22(10-19)16(25)7-20-13-4-2-3-11-12(13)8-23(18(11)27)14-5-6-15(24)21-17(14)26/h2-4,14,20,28H,5-10H2,1H3,(H,21,24,26). The molecule has 3 heterocycles. The number of fused-ring (bicyclic) bond motifs is 1. The van der Waals surface area contributed by atoms with E-state index >= 15 is 0 Å². The lowest BCUT2D eigenvalue weighted by Gasteiger charge is -2.44. The van der Waals surface area contributed by atoms with Crippen LogP contribution in [0.3, 0.4) is 0 Å². The number of imide groups is 1. The molecule has 3 aliphatic heterocycles. The van der Waals surface area contributed by atoms with Gasteiger partial charge < -0.3 is 20.2 Å². The molecule has 1 unspecified atom stereocenters. The number of hydrogen-bond acceptors (Lipinski definition) is 6. The number of anilines is 1. The van der Waals surface area contributed by atoms with Crippen molar-refractivity contribution >= 4 is 29.3 Å². The molecular formula is C19H22N4O5. The summed E-state index contributed by atoms with van der Waals surface area (Å²) in [5.74, 6) is -1.16. The number of aliphatic hydroxyl groups is 1. The van der Waals surface area contributed by atoms with Crippen LogP contribution >= 0.6 is 0 Å². The second kappa shape index (κ2) is 6.59. The van der Waals surface area contributed by atoms with Gasteiger partial charge in [-0.05, 0) is 25.5 Å². The number of carbonyl (C=O) groups is 4. The number of hydrogen-bond donors (Lipinski definition) is 3. The van der Waals surface area contributed by atoms with Crippen LogP contribution in [-0.2, 0) is 20.9 Å². The van der Waals surface area contributed by atoms with E-state index in [2.05, 4.69) is 10.6 Å². The highest BCUT2D eigenvalue weighted by molar-refractivity contribution is 6.06. The van der Waals surface area contributed by atoms with E-state index in [9.17, 15) is 24.3 Å². The molecule has 1 aromatic rings. The summed E-state index contributed by atoms with van der Waals surface area (Å²) in [4.78, 5) is 51.6. The normalized spacial score (nSPS) is 23.2. The number of rotatable bonds is 4. The van der Waals surface area contributed by atoms with Gasteiger partial charge in [0.1, 0.15) is 6.04 Å². The molecular weight excluding hydrogens is 364 g/mol. The van der Waals surface area contributed by atoms with Gasteiger partial charge >= 0.3 is 0 Å². The first-order chi connectivity index (χ1) is 13.2. The average Bonchev–Trinajstić information content (AvgIpc) is 2.95. The Hall–Kier alpha value is -2.94. The van der Waals surface area contributed by atoms with Gasteiger partial charge in [0.05, 0.1) is 25.2 Å². The van der Waals surface area contributed by atoms with E-state index in [1.807, 2.05) is 0 Å². The quantitative estimate of drug-likeness (QED) is 0.598. The average molecular weight is 386 g/mol. The first kappa shape index (κ1) is 18.4. The maximum Gasteiger partial charge on any atom is 0.255 e. The van der Waals surface area contributed by atoms with E-state index in [-0.39, 0.29) is 37.2 Å². The number of piperidine rings is 1. The Morgan fingerprint density at radius 2 is 2.07 bits per heavy atom. The second-order valence-corrected chi connectivity index (χ2v) is 7.83. The van der Waals surface area contributed by atoms with Crippen LogP contribution in [0.5, 0.6) is 0 Å². The van der Waals surface area contributed by atoms with Gasteiger partial charge in [-0.2, -0.15) is 0 Å². The van der Waals surface area contributed by atoms with Crippen LogP contribution in [0.15, 0.2) is 18.2 Å². The van der Waals surface area contributed by atoms with Crippen molar-refractivity contribution in [2.75, 3.05) is 25.0 Å². The number of amides is 4. The highest BCUT2D eigenvalue weighted by atomic mass is 16.3. The van der Waals surface area contributed by atoms with Crippen molar-refractivity contribution < 1.29 is 24.3 Å². The lowest BCUT2D eigenvalue weighted by atomic mass is 9.97. The second-order valence-electron chi connectivity index (χ2n) is 7.83. The minimum Gasteiger partial charge on any atom is -0.386 e. The zero-order valence-corrected chi connectivity index (χ0v) is 15.5. The van der Waals surface area contributed by atoms with Crippen molar-refractivity contribution in [3.8, 4) is 0 Å². The molecule has 0 bridgehead atoms. The molecule has 28 heavy (non-hydrogen) atoms. The van der Waals surface area contributed by atoms with Crippen LogP contribution in [0.25, 0.3) is 0 Å². The van der Waals surface area contributed by atoms with Crippen molar-refractivity contribution in [3.05, 3.63) is 29.3 Å². The fraction of sp³-hybridized carbons (Fsp3) is 0.474. The number of benzene rings is 1. The predicted molar refractivity (Wildman–Crippen MR) is 98.2 cm³/mol. The van der Waals surface area contributed by atoms with E-state index in [0.29, 0.717) is 30.8 Å². The highest BCUT2D eigenvalue weighted by Gasteiger charge is 2.41. The van der Waals surface area contributed by atoms with Crippen LogP contribution in [0.4, 0.5) is 5.69 Å². The first-order valence-electron chi connectivity index (χ1n) is 9.26. The smallest absolute Gasteiger partial charge is 0.255 e. The Balaban J connectivity index is 1.45. The summed E-state index contributed by atoms with van der Waals surface area (Å²) in [5.41, 5.74) is 1.08. The molecule has 0 radical (unpaired) electrons. The van der Waals surface area contributed by atoms with Gasteiger partial charge in [0.25, 0.3) is 5.91 Å². The molecule has 1 aromatic carbocycles. The lowest BCUT2D eigenvalue weighted by molar-refractivity contribution is -0.150. The van der Waals surface area contributed by atoms with E-state index in [1.54, 1.807) is 30.0 Å². The summed E-state index contributed by atoms with van der Waals surface area (Å²) in [6, 6.07) is 4.55. The maximum absolute atomic E-state index is 12.8. The fourth-order valence-electron chi connectivity index (χ4n) is 3.99. The van der Waals surface area contributed by atoms with Gasteiger partial charge in [-0.15, -0.1) is 0 Å². The first-order valence-corrected chi connectivity index (χ1v) is 9.26. The third kappa shape index (κ3) is 3.22. The van der Waals surface area contributed by atoms with Gasteiger partial charge in [-0.1, -0.05) is 6.07 Å². The van der Waals surface area contributed by atoms with Gasteiger partial charge in [0.2, 0.25) is 17.7 Å². The van der Waals surface area contributed by atoms with Crippen LogP contribution in [0.1, 0.15) is 35.7 Å². The molecule has 0 aromatic heterocycles. The molecule has 0 spiro atoms. The molecule has 9 nitrogen and oxygen atoms in total. The van der Waals surface area contributed by atoms with Gasteiger partial charge in [0, 0.05) is 29.8 Å². The van der Waals surface area contributed by atoms with E-state index in [0.717, 1.165) is 5.56 Å². The molecule has 0 saturated carbocycles. The number of likely N-dealkylation sites (tertiary alicyclic amines) is 1. The van der Waals surface area contributed by atoms with Crippen molar-refractivity contribution in [2.45, 2.75) is 38.0 Å². The molecule has 3 aliphatic rings. The summed E-state index contributed by atoms with van der Waals surface area (Å²) in [6.45, 7) is 2.60. The van der Waals surface area contributed by atoms with Crippen molar-refractivity contribution in [3.63, 3.8) is 0 Å². The lowest BCUT2D eigenvalue weighted by Crippen LogP contribution is -2.62. The zero-order chi connectivity index (χ0) is 20.1. The molecule has 2 saturated heterocycles. The highest BCUT2D eigenvalue weighted by Crippen LogP contribution is 2.32. The van der Waals surface area contributed by atoms with Crippen LogP contribution < -0.4 is 10.6 Å². The van der Waals surface area contributed by atoms with Crippen molar-refractivity contribution in [1.29, 1.82) is 0 Å². The monoisotopic (exact) mass is 386 g/mol. The molecule has 1 atom stereocenters. The molecule has 2 fully saturated rings. The summed E-state index contributed by atoms with van der Waals surface area (Å²) in [6.07, 6.45) is 0.510. The fourth-order valence-corrected chi connectivity index (χ4v) is 3.99. The van der Waals surface area contributed by atoms with E-state index < -0.39 is 17.6 Å². The third-order valence-electron chi connectivity index (χ3n) is 5.43. The van der Waals surface area contributed by atoms with E-state index in [4.69, 9.17) is 0 Å². The summed E-state index contributed by atoms with van der Waals surface area (Å²) in [5, 5.41) is 15.1. The van der Waals surface area contributed by atoms with Gasteiger partial charge in [0.15, 0.2) is 0 Å². The maximum atomic E-state index is 12.8. The largest absolute Gasteiger partial charge is 0.386 e. The Bertz CT molecular complexity index is 873. The third-order valence-corrected chi connectivity index (χ3v) is 5.43. The van der Waals surface area contributed by atoms with Gasteiger partial charge in [-0.3, -0.25) is 24.5 Å². The summed E-state index contributed by atoms with van der Waals surface area (Å²) < 4.78 is 0. The molecule has 3 N–H and O–H groups in total. The Morgan fingerprint density at radius 1 is 1.32 bits per heavy atom. The Labute approximate surface area is 161 Å². The summed E-state index contributed by atoms with van der Waals surface area (Å²) in [7, 11) is 0. The summed E-state index contributed by atoms with van der Waals surface area (Å²) >= 11 is 0. The minimum atomic E-state index is -0.821. The number of β-amino-alcohol motifs (C(OH)–C–C–N with tert-alkyl or cyclic N) is 1. The molecule has 0 aliphatic carbocycles. The minimum absolute atomic E-state index is 0.0547. The SMILES string of the molecule is CC1(O)CN(C(=O)CNc2cccc3c2CN(C2CCC(=O)NC2=O)C3=O)C1. The topological polar surface area (TPSA) is 119 Å². The van der Waals surface area contributed by atoms with Crippen LogP contribution in [0.2, 0.25) is 0 Å². The van der Waals surface area contributed by atoms with Crippen molar-refractivity contribution in [1.82, 2.24) is 15.1 Å². The van der Waals surface area contributed by atoms with Gasteiger partial charge in [-0.25, -0.2) is 0 Å². The van der Waals surface area contributed by atoms with Crippen LogP contribution in [-0.4, -0.2) is 69.8 Å². The molecule has 4 amide bonds. The predicted octanol–water partition coefficient (Wildman–Crippen LogP) is -0.547.